The zero-order valence-electron chi connectivity index (χ0n) is 15.6. The number of aryl methyl sites for hydroxylation is 1. The summed E-state index contributed by atoms with van der Waals surface area (Å²) in [6.07, 6.45) is 11.8. The molecule has 0 aromatic heterocycles. The quantitative estimate of drug-likeness (QED) is 0.471. The van der Waals surface area contributed by atoms with Crippen molar-refractivity contribution in [1.29, 1.82) is 0 Å². The third kappa shape index (κ3) is 10.3. The predicted octanol–water partition coefficient (Wildman–Crippen LogP) is 5.27. The number of benzene rings is 1. The molecule has 0 aliphatic heterocycles. The van der Waals surface area contributed by atoms with Crippen molar-refractivity contribution in [3.8, 4) is 5.75 Å². The molecular formula is C21H35NO2. The monoisotopic (exact) mass is 333 g/mol. The SMILES string of the molecule is CCCCCCCCCCNC(=O)CCOc1ccc(CC)cc1. The molecule has 136 valence electrons. The highest BCUT2D eigenvalue weighted by atomic mass is 16.5. The van der Waals surface area contributed by atoms with Gasteiger partial charge in [-0.15, -0.1) is 0 Å². The van der Waals surface area contributed by atoms with E-state index < -0.39 is 0 Å². The molecule has 0 aliphatic carbocycles. The molecule has 3 nitrogen and oxygen atoms in total. The van der Waals surface area contributed by atoms with E-state index in [9.17, 15) is 4.79 Å². The number of ether oxygens (including phenoxy) is 1. The lowest BCUT2D eigenvalue weighted by Gasteiger charge is -2.08. The van der Waals surface area contributed by atoms with Gasteiger partial charge < -0.3 is 10.1 Å². The van der Waals surface area contributed by atoms with E-state index >= 15 is 0 Å². The van der Waals surface area contributed by atoms with Gasteiger partial charge in [0.05, 0.1) is 13.0 Å². The van der Waals surface area contributed by atoms with E-state index in [2.05, 4.69) is 31.3 Å². The van der Waals surface area contributed by atoms with Crippen LogP contribution in [0.3, 0.4) is 0 Å². The average molecular weight is 334 g/mol. The number of amides is 1. The van der Waals surface area contributed by atoms with Crippen LogP contribution in [-0.4, -0.2) is 19.1 Å². The molecule has 1 N–H and O–H groups in total. The van der Waals surface area contributed by atoms with Crippen LogP contribution in [0.4, 0.5) is 0 Å². The number of carbonyl (C=O) groups excluding carboxylic acids is 1. The Balaban J connectivity index is 1.94. The number of unbranched alkanes of at least 4 members (excludes halogenated alkanes) is 7. The Bertz CT molecular complexity index is 428. The largest absolute Gasteiger partial charge is 0.493 e. The molecule has 0 fully saturated rings. The molecular weight excluding hydrogens is 298 g/mol. The summed E-state index contributed by atoms with van der Waals surface area (Å²) in [5, 5.41) is 2.98. The van der Waals surface area contributed by atoms with E-state index in [4.69, 9.17) is 4.74 Å². The van der Waals surface area contributed by atoms with Gasteiger partial charge in [-0.1, -0.05) is 70.9 Å². The van der Waals surface area contributed by atoms with Gasteiger partial charge in [-0.2, -0.15) is 0 Å². The van der Waals surface area contributed by atoms with E-state index in [-0.39, 0.29) is 5.91 Å². The standard InChI is InChI=1S/C21H35NO2/c1-3-5-6-7-8-9-10-11-17-22-21(23)16-18-24-20-14-12-19(4-2)13-15-20/h12-15H,3-11,16-18H2,1-2H3,(H,22,23). The van der Waals surface area contributed by atoms with Crippen molar-refractivity contribution in [3.63, 3.8) is 0 Å². The molecule has 0 unspecified atom stereocenters. The first-order chi connectivity index (χ1) is 11.8. The highest BCUT2D eigenvalue weighted by Crippen LogP contribution is 2.12. The van der Waals surface area contributed by atoms with Crippen molar-refractivity contribution in [2.75, 3.05) is 13.2 Å². The van der Waals surface area contributed by atoms with Crippen molar-refractivity contribution < 1.29 is 9.53 Å². The molecule has 0 bridgehead atoms. The minimum atomic E-state index is 0.0862. The van der Waals surface area contributed by atoms with Crippen LogP contribution >= 0.6 is 0 Å². The van der Waals surface area contributed by atoms with Crippen molar-refractivity contribution in [1.82, 2.24) is 5.32 Å². The summed E-state index contributed by atoms with van der Waals surface area (Å²) < 4.78 is 5.61. The van der Waals surface area contributed by atoms with Crippen LogP contribution in [-0.2, 0) is 11.2 Å². The Morgan fingerprint density at radius 2 is 1.54 bits per heavy atom. The number of hydrogen-bond donors (Lipinski definition) is 1. The van der Waals surface area contributed by atoms with Crippen LogP contribution in [0.5, 0.6) is 5.75 Å². The Morgan fingerprint density at radius 3 is 2.17 bits per heavy atom. The second-order valence-electron chi connectivity index (χ2n) is 6.42. The van der Waals surface area contributed by atoms with E-state index in [1.165, 1.54) is 50.5 Å². The molecule has 0 heterocycles. The highest BCUT2D eigenvalue weighted by Gasteiger charge is 2.01. The lowest BCUT2D eigenvalue weighted by atomic mass is 10.1. The second-order valence-corrected chi connectivity index (χ2v) is 6.42. The fraction of sp³-hybridized carbons (Fsp3) is 0.667. The minimum Gasteiger partial charge on any atom is -0.493 e. The molecule has 0 aliphatic rings. The van der Waals surface area contributed by atoms with Gasteiger partial charge in [0, 0.05) is 6.54 Å². The van der Waals surface area contributed by atoms with E-state index in [0.29, 0.717) is 13.0 Å². The molecule has 24 heavy (non-hydrogen) atoms. The van der Waals surface area contributed by atoms with Gasteiger partial charge in [0.15, 0.2) is 0 Å². The molecule has 1 aromatic rings. The normalized spacial score (nSPS) is 10.6. The van der Waals surface area contributed by atoms with Crippen molar-refractivity contribution >= 4 is 5.91 Å². The van der Waals surface area contributed by atoms with Gasteiger partial charge in [0.1, 0.15) is 5.75 Å². The molecule has 1 amide bonds. The van der Waals surface area contributed by atoms with Gasteiger partial charge in [-0.3, -0.25) is 4.79 Å². The predicted molar refractivity (Wildman–Crippen MR) is 102 cm³/mol. The number of nitrogens with one attached hydrogen (secondary N) is 1. The van der Waals surface area contributed by atoms with Crippen molar-refractivity contribution in [2.24, 2.45) is 0 Å². The number of carbonyl (C=O) groups is 1. The first-order valence-corrected chi connectivity index (χ1v) is 9.74. The zero-order chi connectivity index (χ0) is 17.5. The lowest BCUT2D eigenvalue weighted by Crippen LogP contribution is -2.25. The molecule has 1 rings (SSSR count). The highest BCUT2D eigenvalue weighted by molar-refractivity contribution is 5.75. The Hall–Kier alpha value is -1.51. The summed E-state index contributed by atoms with van der Waals surface area (Å²) in [6.45, 7) is 5.61. The van der Waals surface area contributed by atoms with Gasteiger partial charge in [-0.05, 0) is 30.5 Å². The van der Waals surface area contributed by atoms with Crippen LogP contribution in [0.1, 0.15) is 77.2 Å². The maximum Gasteiger partial charge on any atom is 0.223 e. The summed E-state index contributed by atoms with van der Waals surface area (Å²) >= 11 is 0. The Kier molecular flexibility index (Phi) is 11.9. The summed E-state index contributed by atoms with van der Waals surface area (Å²) in [5.41, 5.74) is 1.30. The molecule has 0 saturated carbocycles. The van der Waals surface area contributed by atoms with Crippen LogP contribution in [0, 0.1) is 0 Å². The smallest absolute Gasteiger partial charge is 0.223 e. The number of rotatable bonds is 14. The van der Waals surface area contributed by atoms with E-state index in [0.717, 1.165) is 25.1 Å². The average Bonchev–Trinajstić information content (AvgIpc) is 2.61. The fourth-order valence-corrected chi connectivity index (χ4v) is 2.66. The van der Waals surface area contributed by atoms with Crippen LogP contribution in [0.2, 0.25) is 0 Å². The minimum absolute atomic E-state index is 0.0862. The van der Waals surface area contributed by atoms with Crippen molar-refractivity contribution in [2.45, 2.75) is 78.1 Å². The third-order valence-corrected chi connectivity index (χ3v) is 4.28. The fourth-order valence-electron chi connectivity index (χ4n) is 2.66. The topological polar surface area (TPSA) is 38.3 Å². The first-order valence-electron chi connectivity index (χ1n) is 9.74. The maximum atomic E-state index is 11.7. The Labute approximate surface area is 148 Å². The van der Waals surface area contributed by atoms with E-state index in [1.54, 1.807) is 0 Å². The summed E-state index contributed by atoms with van der Waals surface area (Å²) in [7, 11) is 0. The van der Waals surface area contributed by atoms with Crippen molar-refractivity contribution in [3.05, 3.63) is 29.8 Å². The first kappa shape index (κ1) is 20.5. The Morgan fingerprint density at radius 1 is 0.917 bits per heavy atom. The van der Waals surface area contributed by atoms with E-state index in [1.807, 2.05) is 12.1 Å². The molecule has 0 atom stereocenters. The number of hydrogen-bond acceptors (Lipinski definition) is 2. The van der Waals surface area contributed by atoms with Crippen LogP contribution in [0.15, 0.2) is 24.3 Å². The molecule has 0 radical (unpaired) electrons. The second kappa shape index (κ2) is 13.9. The summed E-state index contributed by atoms with van der Waals surface area (Å²) in [5.74, 6) is 0.922. The van der Waals surface area contributed by atoms with Crippen LogP contribution in [0.25, 0.3) is 0 Å². The zero-order valence-corrected chi connectivity index (χ0v) is 15.6. The van der Waals surface area contributed by atoms with Gasteiger partial charge in [0.2, 0.25) is 5.91 Å². The van der Waals surface area contributed by atoms with Crippen LogP contribution < -0.4 is 10.1 Å². The summed E-state index contributed by atoms with van der Waals surface area (Å²) in [6, 6.07) is 8.07. The van der Waals surface area contributed by atoms with Gasteiger partial charge >= 0.3 is 0 Å². The molecule has 0 spiro atoms. The molecule has 3 heteroatoms. The molecule has 0 saturated heterocycles. The van der Waals surface area contributed by atoms with Gasteiger partial charge in [0.25, 0.3) is 0 Å². The molecule has 1 aromatic carbocycles. The third-order valence-electron chi connectivity index (χ3n) is 4.28. The maximum absolute atomic E-state index is 11.7. The van der Waals surface area contributed by atoms with Gasteiger partial charge in [-0.25, -0.2) is 0 Å². The summed E-state index contributed by atoms with van der Waals surface area (Å²) in [4.78, 5) is 11.7. The lowest BCUT2D eigenvalue weighted by molar-refractivity contribution is -0.121.